The first-order valence-electron chi connectivity index (χ1n) is 6.38. The maximum absolute atomic E-state index is 6.27. The van der Waals surface area contributed by atoms with Crippen LogP contribution in [0.3, 0.4) is 0 Å². The van der Waals surface area contributed by atoms with Crippen molar-refractivity contribution in [1.29, 1.82) is 0 Å². The van der Waals surface area contributed by atoms with Crippen molar-refractivity contribution < 1.29 is 0 Å². The molecule has 0 unspecified atom stereocenters. The van der Waals surface area contributed by atoms with Gasteiger partial charge in [-0.2, -0.15) is 5.10 Å². The van der Waals surface area contributed by atoms with Gasteiger partial charge >= 0.3 is 0 Å². The van der Waals surface area contributed by atoms with Crippen molar-refractivity contribution in [3.05, 3.63) is 33.9 Å². The lowest BCUT2D eigenvalue weighted by Crippen LogP contribution is -1.99. The second-order valence-corrected chi connectivity index (χ2v) is 5.32. The molecule has 0 aliphatic heterocycles. The van der Waals surface area contributed by atoms with Gasteiger partial charge < -0.3 is 5.73 Å². The van der Waals surface area contributed by atoms with Gasteiger partial charge in [-0.1, -0.05) is 43.1 Å². The predicted molar refractivity (Wildman–Crippen MR) is 81.8 cm³/mol. The first-order valence-corrected chi connectivity index (χ1v) is 7.13. The molecule has 0 fully saturated rings. The lowest BCUT2D eigenvalue weighted by Gasteiger charge is -2.14. The Morgan fingerprint density at radius 1 is 1.16 bits per heavy atom. The fourth-order valence-electron chi connectivity index (χ4n) is 2.36. The van der Waals surface area contributed by atoms with Crippen LogP contribution in [-0.2, 0) is 0 Å². The molecule has 0 atom stereocenters. The number of H-pyrrole nitrogens is 1. The molecular formula is C14H17Cl2N3. The Hall–Kier alpha value is -1.19. The Labute approximate surface area is 123 Å². The van der Waals surface area contributed by atoms with Crippen LogP contribution < -0.4 is 5.73 Å². The summed E-state index contributed by atoms with van der Waals surface area (Å²) < 4.78 is 0. The molecule has 0 amide bonds. The van der Waals surface area contributed by atoms with Crippen LogP contribution in [0.5, 0.6) is 0 Å². The van der Waals surface area contributed by atoms with E-state index in [0.29, 0.717) is 21.8 Å². The van der Waals surface area contributed by atoms with Gasteiger partial charge in [0.25, 0.3) is 0 Å². The minimum absolute atomic E-state index is 0.368. The molecule has 0 aliphatic rings. The zero-order valence-electron chi connectivity index (χ0n) is 11.0. The van der Waals surface area contributed by atoms with Gasteiger partial charge in [-0.15, -0.1) is 0 Å². The summed E-state index contributed by atoms with van der Waals surface area (Å²) in [5, 5.41) is 8.35. The lowest BCUT2D eigenvalue weighted by molar-refractivity contribution is 0.622. The predicted octanol–water partition coefficient (Wildman–Crippen LogP) is 4.87. The smallest absolute Gasteiger partial charge is 0.153 e. The van der Waals surface area contributed by atoms with Crippen molar-refractivity contribution in [3.63, 3.8) is 0 Å². The van der Waals surface area contributed by atoms with Crippen LogP contribution in [0.1, 0.15) is 38.3 Å². The van der Waals surface area contributed by atoms with Gasteiger partial charge in [0.2, 0.25) is 0 Å². The second-order valence-electron chi connectivity index (χ2n) is 4.51. The van der Waals surface area contributed by atoms with E-state index in [1.165, 1.54) is 0 Å². The SMILES string of the molecule is CCC(CC)c1[nH]nc(N)c1-c1c(Cl)cccc1Cl. The zero-order valence-corrected chi connectivity index (χ0v) is 12.5. The maximum atomic E-state index is 6.27. The summed E-state index contributed by atoms with van der Waals surface area (Å²) in [6.07, 6.45) is 2.01. The molecule has 19 heavy (non-hydrogen) atoms. The molecule has 5 heteroatoms. The number of nitrogens with two attached hydrogens (primary N) is 1. The van der Waals surface area contributed by atoms with Crippen LogP contribution >= 0.6 is 23.2 Å². The molecule has 2 rings (SSSR count). The number of anilines is 1. The molecule has 1 aromatic carbocycles. The summed E-state index contributed by atoms with van der Waals surface area (Å²) in [4.78, 5) is 0. The van der Waals surface area contributed by atoms with Gasteiger partial charge in [-0.25, -0.2) is 0 Å². The number of hydrogen-bond donors (Lipinski definition) is 2. The molecule has 2 aromatic rings. The highest BCUT2D eigenvalue weighted by Crippen LogP contribution is 2.42. The van der Waals surface area contributed by atoms with Crippen molar-refractivity contribution in [2.45, 2.75) is 32.6 Å². The van der Waals surface area contributed by atoms with Crippen LogP contribution in [0, 0.1) is 0 Å². The third-order valence-corrected chi connectivity index (χ3v) is 4.06. The Balaban J connectivity index is 2.65. The first-order chi connectivity index (χ1) is 9.10. The molecule has 1 heterocycles. The molecule has 0 aliphatic carbocycles. The van der Waals surface area contributed by atoms with Gasteiger partial charge in [0.15, 0.2) is 5.82 Å². The summed E-state index contributed by atoms with van der Waals surface area (Å²) in [6, 6.07) is 5.44. The fraction of sp³-hybridized carbons (Fsp3) is 0.357. The molecule has 0 saturated heterocycles. The monoisotopic (exact) mass is 297 g/mol. The summed E-state index contributed by atoms with van der Waals surface area (Å²) in [5.41, 5.74) is 8.61. The summed E-state index contributed by atoms with van der Waals surface area (Å²) in [6.45, 7) is 4.28. The van der Waals surface area contributed by atoms with E-state index in [4.69, 9.17) is 28.9 Å². The highest BCUT2D eigenvalue weighted by Gasteiger charge is 2.22. The van der Waals surface area contributed by atoms with E-state index in [9.17, 15) is 0 Å². The molecule has 3 N–H and O–H groups in total. The minimum atomic E-state index is 0.368. The molecule has 0 saturated carbocycles. The van der Waals surface area contributed by atoms with Crippen LogP contribution in [0.15, 0.2) is 18.2 Å². The molecule has 0 bridgehead atoms. The second kappa shape index (κ2) is 5.85. The van der Waals surface area contributed by atoms with Crippen LogP contribution in [-0.4, -0.2) is 10.2 Å². The van der Waals surface area contributed by atoms with Crippen LogP contribution in [0.4, 0.5) is 5.82 Å². The highest BCUT2D eigenvalue weighted by molar-refractivity contribution is 6.39. The number of benzene rings is 1. The molecular weight excluding hydrogens is 281 g/mol. The first kappa shape index (κ1) is 14.2. The van der Waals surface area contributed by atoms with E-state index in [-0.39, 0.29) is 0 Å². The number of hydrogen-bond acceptors (Lipinski definition) is 2. The van der Waals surface area contributed by atoms with E-state index in [1.807, 2.05) is 18.2 Å². The van der Waals surface area contributed by atoms with E-state index >= 15 is 0 Å². The number of nitrogen functional groups attached to an aromatic ring is 1. The van der Waals surface area contributed by atoms with Gasteiger partial charge in [-0.3, -0.25) is 5.10 Å². The number of aromatic nitrogens is 2. The number of nitrogens with one attached hydrogen (secondary N) is 1. The van der Waals surface area contributed by atoms with E-state index in [2.05, 4.69) is 24.0 Å². The van der Waals surface area contributed by atoms with Gasteiger partial charge in [-0.05, 0) is 25.0 Å². The van der Waals surface area contributed by atoms with Crippen molar-refractivity contribution in [1.82, 2.24) is 10.2 Å². The third-order valence-electron chi connectivity index (χ3n) is 3.43. The van der Waals surface area contributed by atoms with E-state index in [0.717, 1.165) is 29.7 Å². The van der Waals surface area contributed by atoms with Crippen molar-refractivity contribution in [2.75, 3.05) is 5.73 Å². The maximum Gasteiger partial charge on any atom is 0.153 e. The normalized spacial score (nSPS) is 11.2. The molecule has 3 nitrogen and oxygen atoms in total. The summed E-state index contributed by atoms with van der Waals surface area (Å²) in [7, 11) is 0. The zero-order chi connectivity index (χ0) is 14.0. The molecule has 0 spiro atoms. The van der Waals surface area contributed by atoms with E-state index < -0.39 is 0 Å². The van der Waals surface area contributed by atoms with Crippen LogP contribution in [0.25, 0.3) is 11.1 Å². The van der Waals surface area contributed by atoms with Gasteiger partial charge in [0.05, 0.1) is 10.0 Å². The minimum Gasteiger partial charge on any atom is -0.382 e. The quantitative estimate of drug-likeness (QED) is 0.846. The number of rotatable bonds is 4. The van der Waals surface area contributed by atoms with Gasteiger partial charge in [0.1, 0.15) is 0 Å². The van der Waals surface area contributed by atoms with Crippen molar-refractivity contribution in [3.8, 4) is 11.1 Å². The average molecular weight is 298 g/mol. The molecule has 102 valence electrons. The Morgan fingerprint density at radius 2 is 1.74 bits per heavy atom. The van der Waals surface area contributed by atoms with Crippen LogP contribution in [0.2, 0.25) is 10.0 Å². The standard InChI is InChI=1S/C14H17Cl2N3/c1-3-8(4-2)13-12(14(17)19-18-13)11-9(15)6-5-7-10(11)16/h5-8H,3-4H2,1-2H3,(H3,17,18,19). The summed E-state index contributed by atoms with van der Waals surface area (Å²) in [5.74, 6) is 0.809. The molecule has 0 radical (unpaired) electrons. The largest absolute Gasteiger partial charge is 0.382 e. The number of aromatic amines is 1. The summed E-state index contributed by atoms with van der Waals surface area (Å²) >= 11 is 12.5. The van der Waals surface area contributed by atoms with Crippen molar-refractivity contribution >= 4 is 29.0 Å². The van der Waals surface area contributed by atoms with Crippen molar-refractivity contribution in [2.24, 2.45) is 0 Å². The third kappa shape index (κ3) is 2.58. The topological polar surface area (TPSA) is 54.7 Å². The highest BCUT2D eigenvalue weighted by atomic mass is 35.5. The Bertz CT molecular complexity index is 554. The fourth-order valence-corrected chi connectivity index (χ4v) is 2.95. The Morgan fingerprint density at radius 3 is 2.26 bits per heavy atom. The molecule has 1 aromatic heterocycles. The average Bonchev–Trinajstić information content (AvgIpc) is 2.74. The number of nitrogens with zero attached hydrogens (tertiary/aromatic N) is 1. The lowest BCUT2D eigenvalue weighted by atomic mass is 9.93. The van der Waals surface area contributed by atoms with E-state index in [1.54, 1.807) is 0 Å². The Kier molecular flexibility index (Phi) is 4.38. The van der Waals surface area contributed by atoms with Gasteiger partial charge in [0, 0.05) is 22.7 Å². The number of halogens is 2.